The second-order valence-electron chi connectivity index (χ2n) is 4.86. The van der Waals surface area contributed by atoms with Gasteiger partial charge >= 0.3 is 5.69 Å². The number of imidazole rings is 1. The Morgan fingerprint density at radius 2 is 1.85 bits per heavy atom. The summed E-state index contributed by atoms with van der Waals surface area (Å²) in [5.74, 6) is 0. The lowest BCUT2D eigenvalue weighted by Crippen LogP contribution is -2.11. The summed E-state index contributed by atoms with van der Waals surface area (Å²) in [7, 11) is 0. The fraction of sp³-hybridized carbons (Fsp3) is 0.214. The topological polar surface area (TPSA) is 74.7 Å². The van der Waals surface area contributed by atoms with E-state index in [-0.39, 0.29) is 11.7 Å². The Hall–Kier alpha value is -1.37. The van der Waals surface area contributed by atoms with E-state index in [1.54, 1.807) is 11.3 Å². The molecule has 0 fully saturated rings. The number of thiophene rings is 1. The number of H-pyrrole nitrogens is 2. The summed E-state index contributed by atoms with van der Waals surface area (Å²) in [6, 6.07) is 5.73. The number of hydrogen-bond donors (Lipinski definition) is 3. The summed E-state index contributed by atoms with van der Waals surface area (Å²) >= 11 is 5.25. The third-order valence-electron chi connectivity index (χ3n) is 3.46. The molecule has 3 rings (SSSR count). The molecule has 20 heavy (non-hydrogen) atoms. The number of aromatic nitrogens is 2. The van der Waals surface area contributed by atoms with Crippen molar-refractivity contribution in [1.82, 2.24) is 9.97 Å². The number of nitrogens with one attached hydrogen (secondary N) is 2. The zero-order valence-electron chi connectivity index (χ0n) is 11.1. The molecule has 1 atom stereocenters. The Kier molecular flexibility index (Phi) is 3.32. The van der Waals surface area contributed by atoms with Crippen LogP contribution in [0.1, 0.15) is 26.9 Å². The average Bonchev–Trinajstić information content (AvgIpc) is 2.90. The average molecular weight is 352 g/mol. The van der Waals surface area contributed by atoms with Gasteiger partial charge in [0.05, 0.1) is 17.1 Å². The largest absolute Gasteiger partial charge is 0.323 e. The molecule has 4 nitrogen and oxygen atoms in total. The highest BCUT2D eigenvalue weighted by molar-refractivity contribution is 9.10. The smallest absolute Gasteiger partial charge is 0.320 e. The lowest BCUT2D eigenvalue weighted by atomic mass is 10.0. The minimum absolute atomic E-state index is 0.204. The lowest BCUT2D eigenvalue weighted by Gasteiger charge is -2.12. The molecule has 0 saturated heterocycles. The van der Waals surface area contributed by atoms with Gasteiger partial charge in [-0.25, -0.2) is 4.79 Å². The van der Waals surface area contributed by atoms with Gasteiger partial charge in [0.2, 0.25) is 0 Å². The van der Waals surface area contributed by atoms with Crippen molar-refractivity contribution < 1.29 is 0 Å². The molecule has 0 spiro atoms. The minimum atomic E-state index is -0.208. The molecule has 6 heteroatoms. The van der Waals surface area contributed by atoms with Gasteiger partial charge in [0.1, 0.15) is 0 Å². The van der Waals surface area contributed by atoms with Gasteiger partial charge in [-0.2, -0.15) is 0 Å². The van der Waals surface area contributed by atoms with Crippen LogP contribution in [0.4, 0.5) is 0 Å². The van der Waals surface area contributed by atoms with Crippen LogP contribution >= 0.6 is 27.3 Å². The molecule has 0 saturated carbocycles. The Morgan fingerprint density at radius 3 is 2.45 bits per heavy atom. The standard InChI is InChI=1S/C14H14BrN3OS/c1-6-3-12(20-7(6)2)13(16)8-4-10-11(5-9(8)15)18-14(19)17-10/h3-5,13H,16H2,1-2H3,(H2,17,18,19). The van der Waals surface area contributed by atoms with Crippen LogP contribution in [0, 0.1) is 13.8 Å². The van der Waals surface area contributed by atoms with E-state index in [9.17, 15) is 4.79 Å². The van der Waals surface area contributed by atoms with Crippen LogP contribution in [-0.2, 0) is 0 Å². The van der Waals surface area contributed by atoms with Gasteiger partial charge in [0, 0.05) is 14.2 Å². The number of halogens is 1. The van der Waals surface area contributed by atoms with E-state index in [2.05, 4.69) is 45.8 Å². The van der Waals surface area contributed by atoms with Crippen LogP contribution in [0.3, 0.4) is 0 Å². The second kappa shape index (κ2) is 4.87. The SMILES string of the molecule is Cc1cc(C(N)c2cc3[nH]c(=O)[nH]c3cc2Br)sc1C. The molecule has 0 aliphatic rings. The lowest BCUT2D eigenvalue weighted by molar-refractivity contribution is 0.888. The maximum atomic E-state index is 11.3. The van der Waals surface area contributed by atoms with Crippen LogP contribution in [0.5, 0.6) is 0 Å². The normalized spacial score (nSPS) is 13.0. The Labute approximate surface area is 128 Å². The first-order valence-electron chi connectivity index (χ1n) is 6.19. The molecule has 2 aromatic heterocycles. The van der Waals surface area contributed by atoms with Crippen LogP contribution in [0.25, 0.3) is 11.0 Å². The molecule has 1 unspecified atom stereocenters. The maximum absolute atomic E-state index is 11.3. The van der Waals surface area contributed by atoms with Crippen LogP contribution in [0.2, 0.25) is 0 Å². The van der Waals surface area contributed by atoms with E-state index in [4.69, 9.17) is 5.73 Å². The van der Waals surface area contributed by atoms with Crippen molar-refractivity contribution in [2.45, 2.75) is 19.9 Å². The summed E-state index contributed by atoms with van der Waals surface area (Å²) in [6.07, 6.45) is 0. The third-order valence-corrected chi connectivity index (χ3v) is 5.38. The Morgan fingerprint density at radius 1 is 1.20 bits per heavy atom. The summed E-state index contributed by atoms with van der Waals surface area (Å²) in [5.41, 5.74) is 9.94. The monoisotopic (exact) mass is 351 g/mol. The van der Waals surface area contributed by atoms with Crippen LogP contribution in [-0.4, -0.2) is 9.97 Å². The van der Waals surface area contributed by atoms with Gasteiger partial charge in [-0.1, -0.05) is 15.9 Å². The Bertz CT molecular complexity index is 826. The number of benzene rings is 1. The van der Waals surface area contributed by atoms with Gasteiger partial charge in [-0.05, 0) is 43.2 Å². The zero-order valence-corrected chi connectivity index (χ0v) is 13.5. The number of fused-ring (bicyclic) bond motifs is 1. The number of nitrogens with two attached hydrogens (primary N) is 1. The molecule has 3 aromatic rings. The molecule has 0 radical (unpaired) electrons. The fourth-order valence-corrected chi connectivity index (χ4v) is 3.87. The first kappa shape index (κ1) is 13.6. The summed E-state index contributed by atoms with van der Waals surface area (Å²) in [5, 5.41) is 0. The molecule has 1 aromatic carbocycles. The summed E-state index contributed by atoms with van der Waals surface area (Å²) in [4.78, 5) is 19.3. The molecular formula is C14H14BrN3OS. The molecule has 104 valence electrons. The zero-order chi connectivity index (χ0) is 14.4. The number of aryl methyl sites for hydroxylation is 2. The van der Waals surface area contributed by atoms with Crippen molar-refractivity contribution in [3.8, 4) is 0 Å². The highest BCUT2D eigenvalue weighted by Crippen LogP contribution is 2.34. The van der Waals surface area contributed by atoms with Crippen molar-refractivity contribution in [2.24, 2.45) is 5.73 Å². The van der Waals surface area contributed by atoms with Gasteiger partial charge in [-0.15, -0.1) is 11.3 Å². The van der Waals surface area contributed by atoms with Crippen molar-refractivity contribution >= 4 is 38.3 Å². The van der Waals surface area contributed by atoms with Crippen molar-refractivity contribution in [1.29, 1.82) is 0 Å². The highest BCUT2D eigenvalue weighted by Gasteiger charge is 2.17. The predicted octanol–water partition coefficient (Wildman–Crippen LogP) is 3.35. The molecule has 0 bridgehead atoms. The molecule has 0 amide bonds. The molecule has 2 heterocycles. The third kappa shape index (κ3) is 2.24. The molecular weight excluding hydrogens is 338 g/mol. The summed E-state index contributed by atoms with van der Waals surface area (Å²) in [6.45, 7) is 4.18. The predicted molar refractivity (Wildman–Crippen MR) is 86.4 cm³/mol. The van der Waals surface area contributed by atoms with E-state index in [1.807, 2.05) is 12.1 Å². The van der Waals surface area contributed by atoms with Gasteiger partial charge in [0.25, 0.3) is 0 Å². The van der Waals surface area contributed by atoms with E-state index < -0.39 is 0 Å². The second-order valence-corrected chi connectivity index (χ2v) is 7.01. The van der Waals surface area contributed by atoms with Gasteiger partial charge in [-0.3, -0.25) is 0 Å². The number of hydrogen-bond acceptors (Lipinski definition) is 3. The molecule has 4 N–H and O–H groups in total. The molecule has 0 aliphatic heterocycles. The summed E-state index contributed by atoms with van der Waals surface area (Å²) < 4.78 is 0.899. The first-order chi connectivity index (χ1) is 9.45. The van der Waals surface area contributed by atoms with Gasteiger partial charge in [0.15, 0.2) is 0 Å². The highest BCUT2D eigenvalue weighted by atomic mass is 79.9. The van der Waals surface area contributed by atoms with Crippen molar-refractivity contribution in [2.75, 3.05) is 0 Å². The number of rotatable bonds is 2. The first-order valence-corrected chi connectivity index (χ1v) is 7.80. The van der Waals surface area contributed by atoms with Gasteiger partial charge < -0.3 is 15.7 Å². The quantitative estimate of drug-likeness (QED) is 0.662. The maximum Gasteiger partial charge on any atom is 0.323 e. The van der Waals surface area contributed by atoms with Crippen LogP contribution in [0.15, 0.2) is 27.5 Å². The van der Waals surface area contributed by atoms with Crippen molar-refractivity contribution in [3.05, 3.63) is 54.0 Å². The fourth-order valence-electron chi connectivity index (χ4n) is 2.22. The van der Waals surface area contributed by atoms with E-state index >= 15 is 0 Å². The Balaban J connectivity index is 2.12. The molecule has 0 aliphatic carbocycles. The van der Waals surface area contributed by atoms with Crippen molar-refractivity contribution in [3.63, 3.8) is 0 Å². The van der Waals surface area contributed by atoms with E-state index in [0.29, 0.717) is 0 Å². The van der Waals surface area contributed by atoms with Crippen LogP contribution < -0.4 is 11.4 Å². The van der Waals surface area contributed by atoms with E-state index in [0.717, 1.165) is 25.9 Å². The number of aromatic amines is 2. The minimum Gasteiger partial charge on any atom is -0.320 e. The van der Waals surface area contributed by atoms with E-state index in [1.165, 1.54) is 10.4 Å².